The number of nitrogens with one attached hydrogen (secondary N) is 1. The lowest BCUT2D eigenvalue weighted by atomic mass is 10.1. The summed E-state index contributed by atoms with van der Waals surface area (Å²) in [5, 5.41) is 8.16. The van der Waals surface area contributed by atoms with Gasteiger partial charge in [-0.3, -0.25) is 4.68 Å². The molecule has 0 bridgehead atoms. The largest absolute Gasteiger partial charge is 0.363 e. The Labute approximate surface area is 139 Å². The summed E-state index contributed by atoms with van der Waals surface area (Å²) in [6.07, 6.45) is 0. The molecule has 0 fully saturated rings. The number of anilines is 1. The first kappa shape index (κ1) is 17.5. The zero-order chi connectivity index (χ0) is 17.0. The van der Waals surface area contributed by atoms with Gasteiger partial charge < -0.3 is 15.1 Å². The summed E-state index contributed by atoms with van der Waals surface area (Å²) in [7, 11) is 10.4. The molecule has 1 heterocycles. The molecule has 0 radical (unpaired) electrons. The number of hydrogen-bond acceptors (Lipinski definition) is 4. The molecule has 0 saturated heterocycles. The highest BCUT2D eigenvalue weighted by atomic mass is 15.4. The molecule has 1 atom stereocenters. The van der Waals surface area contributed by atoms with Crippen molar-refractivity contribution in [2.45, 2.75) is 19.5 Å². The molecule has 0 aliphatic carbocycles. The van der Waals surface area contributed by atoms with Gasteiger partial charge in [0.2, 0.25) is 0 Å². The van der Waals surface area contributed by atoms with Crippen molar-refractivity contribution in [3.05, 3.63) is 47.2 Å². The summed E-state index contributed by atoms with van der Waals surface area (Å²) in [4.78, 5) is 4.38. The summed E-state index contributed by atoms with van der Waals surface area (Å²) >= 11 is 0. The van der Waals surface area contributed by atoms with Gasteiger partial charge in [0.15, 0.2) is 0 Å². The van der Waals surface area contributed by atoms with Crippen molar-refractivity contribution >= 4 is 5.82 Å². The first-order valence-electron chi connectivity index (χ1n) is 8.03. The van der Waals surface area contributed by atoms with Crippen LogP contribution in [0.5, 0.6) is 0 Å². The van der Waals surface area contributed by atoms with Gasteiger partial charge in [-0.05, 0) is 26.6 Å². The molecule has 0 aliphatic heterocycles. The maximum atomic E-state index is 4.55. The summed E-state index contributed by atoms with van der Waals surface area (Å²) < 4.78 is 1.95. The zero-order valence-corrected chi connectivity index (χ0v) is 15.2. The van der Waals surface area contributed by atoms with E-state index in [0.717, 1.165) is 24.6 Å². The highest BCUT2D eigenvalue weighted by Crippen LogP contribution is 2.22. The van der Waals surface area contributed by atoms with Crippen LogP contribution >= 0.6 is 0 Å². The Balaban J connectivity index is 2.06. The predicted octanol–water partition coefficient (Wildman–Crippen LogP) is 2.19. The van der Waals surface area contributed by atoms with E-state index < -0.39 is 0 Å². The van der Waals surface area contributed by atoms with Crippen LogP contribution in [-0.4, -0.2) is 49.4 Å². The van der Waals surface area contributed by atoms with E-state index in [1.54, 1.807) is 0 Å². The van der Waals surface area contributed by atoms with E-state index in [9.17, 15) is 0 Å². The van der Waals surface area contributed by atoms with Gasteiger partial charge in [-0.15, -0.1) is 0 Å². The van der Waals surface area contributed by atoms with E-state index in [4.69, 9.17) is 0 Å². The van der Waals surface area contributed by atoms with E-state index in [2.05, 4.69) is 85.7 Å². The van der Waals surface area contributed by atoms with Crippen molar-refractivity contribution in [1.29, 1.82) is 0 Å². The van der Waals surface area contributed by atoms with Crippen LogP contribution in [0.1, 0.15) is 22.9 Å². The number of rotatable bonds is 7. The van der Waals surface area contributed by atoms with Gasteiger partial charge in [-0.1, -0.05) is 30.3 Å². The molecule has 1 aromatic carbocycles. The van der Waals surface area contributed by atoms with Crippen molar-refractivity contribution in [1.82, 2.24) is 20.0 Å². The molecule has 0 amide bonds. The number of aryl methyl sites for hydroxylation is 2. The van der Waals surface area contributed by atoms with Crippen LogP contribution in [0.3, 0.4) is 0 Å². The lowest BCUT2D eigenvalue weighted by Gasteiger charge is -2.25. The number of hydrogen-bond donors (Lipinski definition) is 1. The molecule has 23 heavy (non-hydrogen) atoms. The molecule has 2 aromatic rings. The lowest BCUT2D eigenvalue weighted by Crippen LogP contribution is -2.31. The first-order valence-corrected chi connectivity index (χ1v) is 8.03. The molecule has 1 N–H and O–H groups in total. The van der Waals surface area contributed by atoms with E-state index in [1.807, 2.05) is 11.7 Å². The third-order valence-corrected chi connectivity index (χ3v) is 4.18. The number of benzene rings is 1. The summed E-state index contributed by atoms with van der Waals surface area (Å²) in [5.74, 6) is 1.16. The molecular formula is C18H29N5. The Hall–Kier alpha value is -1.85. The minimum atomic E-state index is 0.357. The minimum Gasteiger partial charge on any atom is -0.363 e. The maximum Gasteiger partial charge on any atom is 0.130 e. The van der Waals surface area contributed by atoms with Gasteiger partial charge in [0.05, 0.1) is 5.69 Å². The Morgan fingerprint density at radius 3 is 2.35 bits per heavy atom. The fourth-order valence-electron chi connectivity index (χ4n) is 3.06. The zero-order valence-electron chi connectivity index (χ0n) is 15.2. The topological polar surface area (TPSA) is 36.3 Å². The van der Waals surface area contributed by atoms with Crippen LogP contribution in [-0.2, 0) is 13.6 Å². The van der Waals surface area contributed by atoms with Crippen LogP contribution in [0, 0.1) is 6.92 Å². The van der Waals surface area contributed by atoms with E-state index in [0.29, 0.717) is 6.04 Å². The Kier molecular flexibility index (Phi) is 5.80. The Bertz CT molecular complexity index is 616. The number of aromatic nitrogens is 2. The highest BCUT2D eigenvalue weighted by molar-refractivity contribution is 5.48. The van der Waals surface area contributed by atoms with E-state index >= 15 is 0 Å². The smallest absolute Gasteiger partial charge is 0.130 e. The molecule has 126 valence electrons. The van der Waals surface area contributed by atoms with Crippen molar-refractivity contribution < 1.29 is 0 Å². The first-order chi connectivity index (χ1) is 10.9. The van der Waals surface area contributed by atoms with Gasteiger partial charge in [0.1, 0.15) is 5.82 Å². The molecule has 1 aromatic heterocycles. The van der Waals surface area contributed by atoms with Gasteiger partial charge in [-0.25, -0.2) is 0 Å². The number of nitrogens with zero attached hydrogens (tertiary/aromatic N) is 4. The molecule has 0 saturated carbocycles. The molecule has 0 aliphatic rings. The van der Waals surface area contributed by atoms with Crippen LogP contribution in [0.15, 0.2) is 30.3 Å². The van der Waals surface area contributed by atoms with Gasteiger partial charge >= 0.3 is 0 Å². The second-order valence-corrected chi connectivity index (χ2v) is 6.43. The number of likely N-dealkylation sites (N-methyl/N-ethyl adjacent to an activating group) is 1. The second-order valence-electron chi connectivity index (χ2n) is 6.43. The fourth-order valence-corrected chi connectivity index (χ4v) is 3.06. The molecular weight excluding hydrogens is 286 g/mol. The van der Waals surface area contributed by atoms with Crippen molar-refractivity contribution in [3.63, 3.8) is 0 Å². The molecule has 5 nitrogen and oxygen atoms in total. The summed E-state index contributed by atoms with van der Waals surface area (Å²) in [5.41, 5.74) is 3.69. The van der Waals surface area contributed by atoms with Crippen LogP contribution in [0.4, 0.5) is 5.82 Å². The lowest BCUT2D eigenvalue weighted by molar-refractivity contribution is 0.288. The molecule has 2 rings (SSSR count). The average Bonchev–Trinajstić information content (AvgIpc) is 2.78. The Morgan fingerprint density at radius 1 is 1.13 bits per heavy atom. The highest BCUT2D eigenvalue weighted by Gasteiger charge is 2.17. The molecule has 5 heteroatoms. The van der Waals surface area contributed by atoms with Crippen molar-refractivity contribution in [2.75, 3.05) is 39.6 Å². The minimum absolute atomic E-state index is 0.357. The van der Waals surface area contributed by atoms with Gasteiger partial charge in [0.25, 0.3) is 0 Å². The van der Waals surface area contributed by atoms with Gasteiger partial charge in [0, 0.05) is 45.8 Å². The monoisotopic (exact) mass is 315 g/mol. The standard InChI is InChI=1S/C18H29N5/c1-14-16(18(22(4)5)23(6)20-14)12-19-13-17(21(2)3)15-10-8-7-9-11-15/h7-11,17,19H,12-13H2,1-6H3/t17-/m1/s1. The molecule has 0 unspecified atom stereocenters. The fraction of sp³-hybridized carbons (Fsp3) is 0.500. The third kappa shape index (κ3) is 4.12. The third-order valence-electron chi connectivity index (χ3n) is 4.18. The predicted molar refractivity (Wildman–Crippen MR) is 96.8 cm³/mol. The Morgan fingerprint density at radius 2 is 1.78 bits per heavy atom. The summed E-state index contributed by atoms with van der Waals surface area (Å²) in [6.45, 7) is 3.80. The maximum absolute atomic E-state index is 4.55. The van der Waals surface area contributed by atoms with Crippen LogP contribution in [0.2, 0.25) is 0 Å². The van der Waals surface area contributed by atoms with Crippen LogP contribution < -0.4 is 10.2 Å². The van der Waals surface area contributed by atoms with Crippen molar-refractivity contribution in [3.8, 4) is 0 Å². The normalized spacial score (nSPS) is 12.7. The quantitative estimate of drug-likeness (QED) is 0.850. The van der Waals surface area contributed by atoms with E-state index in [1.165, 1.54) is 11.1 Å². The summed E-state index contributed by atoms with van der Waals surface area (Å²) in [6, 6.07) is 11.0. The van der Waals surface area contributed by atoms with E-state index in [-0.39, 0.29) is 0 Å². The second kappa shape index (κ2) is 7.62. The van der Waals surface area contributed by atoms with Gasteiger partial charge in [-0.2, -0.15) is 5.10 Å². The van der Waals surface area contributed by atoms with Crippen molar-refractivity contribution in [2.24, 2.45) is 7.05 Å². The molecule has 0 spiro atoms. The SMILES string of the molecule is Cc1nn(C)c(N(C)C)c1CNC[C@H](c1ccccc1)N(C)C. The average molecular weight is 315 g/mol. The van der Waals surface area contributed by atoms with Crippen LogP contribution in [0.25, 0.3) is 0 Å².